The fraction of sp³-hybridized carbons (Fsp3) is 0.500. The van der Waals surface area contributed by atoms with Crippen molar-refractivity contribution in [2.24, 2.45) is 0 Å². The van der Waals surface area contributed by atoms with Crippen LogP contribution in [0.1, 0.15) is 25.7 Å². The van der Waals surface area contributed by atoms with Gasteiger partial charge in [-0.2, -0.15) is 0 Å². The van der Waals surface area contributed by atoms with E-state index in [-0.39, 0.29) is 0 Å². The van der Waals surface area contributed by atoms with Crippen molar-refractivity contribution >= 4 is 11.5 Å². The number of fused-ring (bicyclic) bond motifs is 2. The number of Topliss-reactive ketones (excluding diaryl/α,β-unsaturated/α-hetero) is 1. The smallest absolute Gasteiger partial charge is 0.137 e. The second-order valence-corrected chi connectivity index (χ2v) is 4.94. The van der Waals surface area contributed by atoms with Crippen molar-refractivity contribution in [2.45, 2.75) is 37.8 Å². The van der Waals surface area contributed by atoms with E-state index in [1.54, 1.807) is 7.11 Å². The van der Waals surface area contributed by atoms with Crippen LogP contribution in [0.5, 0.6) is 5.75 Å². The summed E-state index contributed by atoms with van der Waals surface area (Å²) in [4.78, 5) is 14.0. The van der Waals surface area contributed by atoms with Crippen molar-refractivity contribution in [1.29, 1.82) is 0 Å². The lowest BCUT2D eigenvalue weighted by atomic mass is 10.0. The third-order valence-corrected chi connectivity index (χ3v) is 3.90. The number of benzene rings is 1. The lowest BCUT2D eigenvalue weighted by molar-refractivity contribution is -0.120. The molecule has 2 saturated heterocycles. The van der Waals surface area contributed by atoms with Crippen LogP contribution < -0.4 is 9.64 Å². The van der Waals surface area contributed by atoms with Crippen molar-refractivity contribution in [3.63, 3.8) is 0 Å². The zero-order valence-electron chi connectivity index (χ0n) is 10.1. The van der Waals surface area contributed by atoms with Gasteiger partial charge < -0.3 is 9.64 Å². The molecule has 2 aliphatic heterocycles. The zero-order valence-corrected chi connectivity index (χ0v) is 10.1. The highest BCUT2D eigenvalue weighted by Crippen LogP contribution is 2.38. The Labute approximate surface area is 101 Å². The third kappa shape index (κ3) is 1.79. The number of rotatable bonds is 2. The molecule has 2 heterocycles. The number of hydrogen-bond acceptors (Lipinski definition) is 3. The molecule has 0 radical (unpaired) electrons. The number of anilines is 1. The van der Waals surface area contributed by atoms with Crippen molar-refractivity contribution in [3.05, 3.63) is 24.3 Å². The molecule has 0 amide bonds. The first-order valence-electron chi connectivity index (χ1n) is 6.22. The SMILES string of the molecule is COc1cccc(N2C3CCC2CC(=O)C3)c1. The van der Waals surface area contributed by atoms with Crippen molar-refractivity contribution in [3.8, 4) is 5.75 Å². The van der Waals surface area contributed by atoms with Gasteiger partial charge in [-0.3, -0.25) is 4.79 Å². The summed E-state index contributed by atoms with van der Waals surface area (Å²) in [6, 6.07) is 8.98. The van der Waals surface area contributed by atoms with Crippen LogP contribution >= 0.6 is 0 Å². The summed E-state index contributed by atoms with van der Waals surface area (Å²) in [5, 5.41) is 0. The summed E-state index contributed by atoms with van der Waals surface area (Å²) in [5.74, 6) is 1.32. The molecule has 2 atom stereocenters. The average Bonchev–Trinajstić information content (AvgIpc) is 2.62. The third-order valence-electron chi connectivity index (χ3n) is 3.90. The summed E-state index contributed by atoms with van der Waals surface area (Å²) in [6.07, 6.45) is 3.72. The zero-order chi connectivity index (χ0) is 11.8. The van der Waals surface area contributed by atoms with Crippen LogP contribution in [0.2, 0.25) is 0 Å². The molecular weight excluding hydrogens is 214 g/mol. The lowest BCUT2D eigenvalue weighted by Gasteiger charge is -2.36. The van der Waals surface area contributed by atoms with E-state index in [1.165, 1.54) is 5.69 Å². The molecule has 3 rings (SSSR count). The van der Waals surface area contributed by atoms with Gasteiger partial charge in [-0.1, -0.05) is 6.07 Å². The van der Waals surface area contributed by atoms with E-state index < -0.39 is 0 Å². The van der Waals surface area contributed by atoms with Gasteiger partial charge in [0.1, 0.15) is 11.5 Å². The molecule has 3 nitrogen and oxygen atoms in total. The van der Waals surface area contributed by atoms with Gasteiger partial charge in [0, 0.05) is 36.7 Å². The number of piperidine rings is 1. The minimum absolute atomic E-state index is 0.411. The van der Waals surface area contributed by atoms with E-state index in [0.29, 0.717) is 30.7 Å². The maximum atomic E-state index is 11.6. The van der Waals surface area contributed by atoms with Crippen LogP contribution in [-0.4, -0.2) is 25.0 Å². The largest absolute Gasteiger partial charge is 0.497 e. The molecule has 0 spiro atoms. The first kappa shape index (κ1) is 10.6. The van der Waals surface area contributed by atoms with Crippen LogP contribution in [-0.2, 0) is 4.79 Å². The Morgan fingerprint density at radius 3 is 2.59 bits per heavy atom. The monoisotopic (exact) mass is 231 g/mol. The second kappa shape index (κ2) is 4.06. The highest BCUT2D eigenvalue weighted by molar-refractivity contribution is 5.83. The first-order chi connectivity index (χ1) is 8.28. The number of carbonyl (C=O) groups excluding carboxylic acids is 1. The summed E-state index contributed by atoms with van der Waals surface area (Å²) >= 11 is 0. The van der Waals surface area contributed by atoms with Gasteiger partial charge in [-0.05, 0) is 25.0 Å². The standard InChI is InChI=1S/C14H17NO2/c1-17-14-4-2-3-10(9-14)15-11-5-6-12(15)8-13(16)7-11/h2-4,9,11-12H,5-8H2,1H3. The number of ether oxygens (including phenoxy) is 1. The van der Waals surface area contributed by atoms with Gasteiger partial charge in [-0.15, -0.1) is 0 Å². The Morgan fingerprint density at radius 2 is 1.94 bits per heavy atom. The van der Waals surface area contributed by atoms with E-state index in [2.05, 4.69) is 17.0 Å². The molecule has 2 fully saturated rings. The van der Waals surface area contributed by atoms with Gasteiger partial charge in [0.2, 0.25) is 0 Å². The van der Waals surface area contributed by atoms with E-state index in [9.17, 15) is 4.79 Å². The Kier molecular flexibility index (Phi) is 2.54. The van der Waals surface area contributed by atoms with Crippen LogP contribution in [0.15, 0.2) is 24.3 Å². The Morgan fingerprint density at radius 1 is 1.24 bits per heavy atom. The predicted molar refractivity (Wildman–Crippen MR) is 66.5 cm³/mol. The molecule has 0 aliphatic carbocycles. The van der Waals surface area contributed by atoms with Gasteiger partial charge >= 0.3 is 0 Å². The molecule has 3 heteroatoms. The molecule has 0 aromatic heterocycles. The maximum Gasteiger partial charge on any atom is 0.137 e. The molecule has 2 bridgehead atoms. The predicted octanol–water partition coefficient (Wildman–Crippen LogP) is 2.40. The van der Waals surface area contributed by atoms with E-state index in [0.717, 1.165) is 18.6 Å². The van der Waals surface area contributed by atoms with Crippen molar-refractivity contribution in [1.82, 2.24) is 0 Å². The molecule has 90 valence electrons. The van der Waals surface area contributed by atoms with Gasteiger partial charge in [0.05, 0.1) is 7.11 Å². The lowest BCUT2D eigenvalue weighted by Crippen LogP contribution is -2.43. The summed E-state index contributed by atoms with van der Waals surface area (Å²) in [6.45, 7) is 0. The highest BCUT2D eigenvalue weighted by Gasteiger charge is 2.40. The first-order valence-corrected chi connectivity index (χ1v) is 6.22. The number of hydrogen-bond donors (Lipinski definition) is 0. The molecule has 0 N–H and O–H groups in total. The second-order valence-electron chi connectivity index (χ2n) is 4.94. The fourth-order valence-electron chi connectivity index (χ4n) is 3.16. The minimum Gasteiger partial charge on any atom is -0.497 e. The van der Waals surface area contributed by atoms with Crippen LogP contribution in [0.3, 0.4) is 0 Å². The molecule has 17 heavy (non-hydrogen) atoms. The molecular formula is C14H17NO2. The van der Waals surface area contributed by atoms with Crippen LogP contribution in [0.4, 0.5) is 5.69 Å². The normalized spacial score (nSPS) is 27.4. The number of carbonyl (C=O) groups is 1. The maximum absolute atomic E-state index is 11.6. The Hall–Kier alpha value is -1.51. The van der Waals surface area contributed by atoms with Crippen molar-refractivity contribution in [2.75, 3.05) is 12.0 Å². The average molecular weight is 231 g/mol. The molecule has 2 unspecified atom stereocenters. The van der Waals surface area contributed by atoms with Gasteiger partial charge in [0.15, 0.2) is 0 Å². The highest BCUT2D eigenvalue weighted by atomic mass is 16.5. The molecule has 1 aromatic rings. The fourth-order valence-corrected chi connectivity index (χ4v) is 3.16. The Balaban J connectivity index is 1.91. The summed E-state index contributed by atoms with van der Waals surface area (Å²) < 4.78 is 5.26. The summed E-state index contributed by atoms with van der Waals surface area (Å²) in [7, 11) is 1.69. The van der Waals surface area contributed by atoms with E-state index in [1.807, 2.05) is 12.1 Å². The number of methoxy groups -OCH3 is 1. The summed E-state index contributed by atoms with van der Waals surface area (Å²) in [5.41, 5.74) is 1.20. The topological polar surface area (TPSA) is 29.5 Å². The van der Waals surface area contributed by atoms with Gasteiger partial charge in [0.25, 0.3) is 0 Å². The molecule has 0 saturated carbocycles. The van der Waals surface area contributed by atoms with Crippen LogP contribution in [0.25, 0.3) is 0 Å². The van der Waals surface area contributed by atoms with Crippen LogP contribution in [0, 0.1) is 0 Å². The van der Waals surface area contributed by atoms with Crippen molar-refractivity contribution < 1.29 is 9.53 Å². The minimum atomic E-state index is 0.411. The number of ketones is 1. The molecule has 1 aromatic carbocycles. The van der Waals surface area contributed by atoms with Gasteiger partial charge in [-0.25, -0.2) is 0 Å². The van der Waals surface area contributed by atoms with E-state index in [4.69, 9.17) is 4.74 Å². The quantitative estimate of drug-likeness (QED) is 0.782. The Bertz CT molecular complexity index is 428. The molecule has 2 aliphatic rings. The van der Waals surface area contributed by atoms with E-state index >= 15 is 0 Å². The number of nitrogens with zero attached hydrogens (tertiary/aromatic N) is 1.